The molecule has 0 heterocycles. The zero-order valence-electron chi connectivity index (χ0n) is 69.2. The van der Waals surface area contributed by atoms with Gasteiger partial charge >= 0.3 is 59.1 Å². The Kier molecular flexibility index (Phi) is 54.7. The fourth-order valence-corrected chi connectivity index (χ4v) is 17.5. The van der Waals surface area contributed by atoms with Crippen molar-refractivity contribution in [2.75, 3.05) is 78.5 Å². The van der Waals surface area contributed by atoms with Crippen LogP contribution >= 0.6 is 0 Å². The van der Waals surface area contributed by atoms with Crippen molar-refractivity contribution in [3.05, 3.63) is 147 Å². The van der Waals surface area contributed by atoms with E-state index in [1.54, 1.807) is 0 Å². The summed E-state index contributed by atoms with van der Waals surface area (Å²) >= 11 is 0. The van der Waals surface area contributed by atoms with Gasteiger partial charge in [-0.2, -0.15) is 0 Å². The Labute approximate surface area is 694 Å². The van der Waals surface area contributed by atoms with Gasteiger partial charge in [0.25, 0.3) is 0 Å². The van der Waals surface area contributed by atoms with Crippen molar-refractivity contribution < 1.29 is 60.5 Å². The molecule has 106 heavy (non-hydrogen) atoms. The number of hydrogen-bond donors (Lipinski definition) is 13. The largest absolute Gasteiger partial charge is 1.00 e. The molecule has 592 valence electrons. The second-order valence-corrected chi connectivity index (χ2v) is 33.8. The van der Waals surface area contributed by atoms with Gasteiger partial charge in [-0.05, 0) is 362 Å². The average Bonchev–Trinajstić information content (AvgIpc) is 1.17. The standard InChI is InChI=1S/2C25H43N3.C16H26N2.C8H18N2.C8H17N2.C8H12N2.2Na.H/c2*26-16-22-8-4-20(5-9-22)2-1-3-21-6-12-24(13-7-21)18-28-19-25-14-10-23(17-27)11-15-25;1-13-2-4-15(5-3-13)11-18-12-16-8-6-14(10-17)7-9-16;3*9-5-7-1-2-8(6-10)4-3-7;;;/h2*6-7,12-13,20,22-23,25,28H,1-5,8-11,14-19,26-27H2;2-5,14,16,18H,6-12,17H2,1H3;7-8H,1-6,9-10H2;7-9H,1-6,10H2;1-4H,5-6,9-10H2;;;/q;;;;-1;;2*+1;-1. The van der Waals surface area contributed by atoms with Crippen molar-refractivity contribution in [1.82, 2.24) is 16.0 Å². The van der Waals surface area contributed by atoms with Crippen molar-refractivity contribution in [1.29, 1.82) is 0 Å². The van der Waals surface area contributed by atoms with Crippen LogP contribution in [0, 0.1) is 89.8 Å². The first kappa shape index (κ1) is 96.7. The number of hydrogen-bond acceptors (Lipinski definition) is 13. The van der Waals surface area contributed by atoms with Crippen molar-refractivity contribution >= 4 is 0 Å². The van der Waals surface area contributed by atoms with E-state index in [0.29, 0.717) is 25.6 Å². The van der Waals surface area contributed by atoms with Gasteiger partial charge in [0.1, 0.15) is 0 Å². The van der Waals surface area contributed by atoms with Crippen LogP contribution in [-0.2, 0) is 45.6 Å². The van der Waals surface area contributed by atoms with E-state index in [1.165, 1.54) is 252 Å². The van der Waals surface area contributed by atoms with Crippen molar-refractivity contribution in [3.8, 4) is 0 Å². The molecule has 24 N–H and O–H groups in total. The normalized spacial score (nSPS) is 26.5. The Morgan fingerprint density at radius 2 is 0.453 bits per heavy atom. The van der Waals surface area contributed by atoms with Gasteiger partial charge in [0.15, 0.2) is 0 Å². The second-order valence-electron chi connectivity index (χ2n) is 33.8. The van der Waals surface area contributed by atoms with Crippen molar-refractivity contribution in [2.45, 2.75) is 258 Å². The minimum Gasteiger partial charge on any atom is -1.00 e. The molecule has 0 aromatic heterocycles. The third kappa shape index (κ3) is 40.9. The van der Waals surface area contributed by atoms with Crippen molar-refractivity contribution in [3.63, 3.8) is 0 Å². The Balaban J connectivity index is 0.000000349. The van der Waals surface area contributed by atoms with Crippen LogP contribution in [0.4, 0.5) is 0 Å². The van der Waals surface area contributed by atoms with E-state index >= 15 is 0 Å². The van der Waals surface area contributed by atoms with E-state index in [9.17, 15) is 0 Å². The number of rotatable bonds is 31. The van der Waals surface area contributed by atoms with Crippen LogP contribution in [0.5, 0.6) is 0 Å². The molecule has 7 saturated carbocycles. The minimum atomic E-state index is 0. The maximum absolute atomic E-state index is 7.19. The van der Waals surface area contributed by atoms with Crippen LogP contribution in [0.25, 0.3) is 5.73 Å². The third-order valence-electron chi connectivity index (χ3n) is 25.8. The predicted octanol–water partition coefficient (Wildman–Crippen LogP) is 9.35. The summed E-state index contributed by atoms with van der Waals surface area (Å²) in [7, 11) is 0. The Morgan fingerprint density at radius 1 is 0.264 bits per heavy atom. The summed E-state index contributed by atoms with van der Waals surface area (Å²) < 4.78 is 0. The van der Waals surface area contributed by atoms with Gasteiger partial charge in [0.2, 0.25) is 0 Å². The molecule has 4 aromatic carbocycles. The SMILES string of the molecule is Cc1ccc(CNCC2CCC(CN)CC2)cc1.NCC1CCC(CCCc2ccc(CNCC3CCC(CN)CC3)cc2)CC1.NCC1CCC(CCCc2ccc(CNCC3CCC(CN)CC3)cc2)CC1.NCC1CCC(CN)CC1.NCc1ccc(CN)cc1.[H-].[NH-]CC1CCC(CN)CC1.[Na+].[Na+]. The van der Waals surface area contributed by atoms with E-state index in [2.05, 4.69) is 95.7 Å². The summed E-state index contributed by atoms with van der Waals surface area (Å²) in [6, 6.07) is 35.5. The quantitative estimate of drug-likeness (QED) is 0.0209. The smallest absolute Gasteiger partial charge is 1.00 e. The molecule has 7 fully saturated rings. The van der Waals surface area contributed by atoms with E-state index in [0.717, 1.165) is 180 Å². The first-order valence-corrected chi connectivity index (χ1v) is 43.0. The molecule has 0 unspecified atom stereocenters. The van der Waals surface area contributed by atoms with Crippen LogP contribution < -0.4 is 132 Å². The molecule has 16 heteroatoms. The van der Waals surface area contributed by atoms with Gasteiger partial charge < -0.3 is 80.4 Å². The molecular formula is C90H160N14Na2. The molecule has 14 nitrogen and oxygen atoms in total. The van der Waals surface area contributed by atoms with Gasteiger partial charge in [-0.25, -0.2) is 0 Å². The van der Waals surface area contributed by atoms with Crippen LogP contribution in [0.3, 0.4) is 0 Å². The van der Waals surface area contributed by atoms with Crippen LogP contribution in [0.2, 0.25) is 0 Å². The molecule has 0 aliphatic heterocycles. The molecule has 0 spiro atoms. The monoisotopic (exact) mass is 1480 g/mol. The van der Waals surface area contributed by atoms with Gasteiger partial charge in [-0.1, -0.05) is 160 Å². The number of benzene rings is 4. The van der Waals surface area contributed by atoms with E-state index in [-0.39, 0.29) is 60.5 Å². The fourth-order valence-electron chi connectivity index (χ4n) is 17.5. The van der Waals surface area contributed by atoms with Gasteiger partial charge in [0.05, 0.1) is 0 Å². The van der Waals surface area contributed by atoms with Crippen molar-refractivity contribution in [2.24, 2.45) is 140 Å². The molecule has 11 rings (SSSR count). The molecule has 4 aromatic rings. The zero-order chi connectivity index (χ0) is 74.2. The Hall–Kier alpha value is -1.68. The van der Waals surface area contributed by atoms with Crippen LogP contribution in [-0.4, -0.2) is 78.5 Å². The molecule has 0 saturated heterocycles. The van der Waals surface area contributed by atoms with Gasteiger partial charge in [0, 0.05) is 32.7 Å². The Morgan fingerprint density at radius 3 is 0.670 bits per heavy atom. The zero-order valence-corrected chi connectivity index (χ0v) is 72.2. The minimum absolute atomic E-state index is 0. The summed E-state index contributed by atoms with van der Waals surface area (Å²) in [4.78, 5) is 0. The topological polar surface area (TPSA) is 320 Å². The molecule has 7 aliphatic rings. The van der Waals surface area contributed by atoms with Gasteiger partial charge in [-0.15, -0.1) is 6.54 Å². The number of nitrogens with two attached hydrogens (primary N) is 10. The summed E-state index contributed by atoms with van der Waals surface area (Å²) in [6.45, 7) is 17.4. The molecule has 0 bridgehead atoms. The maximum atomic E-state index is 7.19. The molecule has 0 atom stereocenters. The first-order valence-electron chi connectivity index (χ1n) is 43.0. The summed E-state index contributed by atoms with van der Waals surface area (Å²) in [5, 5.41) is 10.9. The maximum Gasteiger partial charge on any atom is 1.00 e. The Bertz CT molecular complexity index is 2370. The third-order valence-corrected chi connectivity index (χ3v) is 25.8. The number of aryl methyl sites for hydroxylation is 3. The second kappa shape index (κ2) is 60.0. The summed E-state index contributed by atoms with van der Waals surface area (Å²) in [5.74, 6) is 11.5. The number of nitrogens with one attached hydrogen (secondary N) is 4. The average molecular weight is 1480 g/mol. The van der Waals surface area contributed by atoms with E-state index < -0.39 is 0 Å². The summed E-state index contributed by atoms with van der Waals surface area (Å²) in [6.07, 6.45) is 45.2. The van der Waals surface area contributed by atoms with Gasteiger partial charge in [-0.3, -0.25) is 0 Å². The molecular weight excluding hydrogens is 1320 g/mol. The fraction of sp³-hybridized carbons (Fsp3) is 0.733. The predicted molar refractivity (Wildman–Crippen MR) is 448 cm³/mol. The van der Waals surface area contributed by atoms with Crippen LogP contribution in [0.1, 0.15) is 251 Å². The van der Waals surface area contributed by atoms with E-state index in [1.807, 2.05) is 24.3 Å². The first-order chi connectivity index (χ1) is 50.9. The van der Waals surface area contributed by atoms with E-state index in [4.69, 9.17) is 63.1 Å². The summed E-state index contributed by atoms with van der Waals surface area (Å²) in [5.41, 5.74) is 74.4. The van der Waals surface area contributed by atoms with Crippen LogP contribution in [0.15, 0.2) is 97.1 Å². The molecule has 0 amide bonds. The molecule has 0 radical (unpaired) electrons. The molecule has 7 aliphatic carbocycles.